The molecule has 5 heteroatoms. The SMILES string of the molecule is Cc1cnc2c(c1)nc(C)n2CCOc1ccc(N)c(C)c1. The number of rotatable bonds is 4. The fourth-order valence-electron chi connectivity index (χ4n) is 2.49. The van der Waals surface area contributed by atoms with Crippen LogP contribution in [0.25, 0.3) is 11.2 Å². The molecular formula is C17H20N4O. The Kier molecular flexibility index (Phi) is 3.71. The van der Waals surface area contributed by atoms with Crippen molar-refractivity contribution in [3.8, 4) is 5.75 Å². The molecule has 0 aliphatic rings. The monoisotopic (exact) mass is 296 g/mol. The second-order valence-corrected chi connectivity index (χ2v) is 5.53. The molecule has 0 bridgehead atoms. The van der Waals surface area contributed by atoms with Crippen molar-refractivity contribution < 1.29 is 4.74 Å². The van der Waals surface area contributed by atoms with Gasteiger partial charge in [0.15, 0.2) is 5.65 Å². The average molecular weight is 296 g/mol. The van der Waals surface area contributed by atoms with E-state index in [9.17, 15) is 0 Å². The summed E-state index contributed by atoms with van der Waals surface area (Å²) in [5, 5.41) is 0. The van der Waals surface area contributed by atoms with Gasteiger partial charge in [-0.3, -0.25) is 0 Å². The van der Waals surface area contributed by atoms with Gasteiger partial charge in [0, 0.05) is 11.9 Å². The first kappa shape index (κ1) is 14.4. The van der Waals surface area contributed by atoms with Gasteiger partial charge in [-0.25, -0.2) is 9.97 Å². The molecule has 0 saturated carbocycles. The number of aryl methyl sites for hydroxylation is 3. The molecule has 0 unspecified atom stereocenters. The summed E-state index contributed by atoms with van der Waals surface area (Å²) >= 11 is 0. The Bertz CT molecular complexity index is 823. The van der Waals surface area contributed by atoms with Gasteiger partial charge in [-0.1, -0.05) is 0 Å². The highest BCUT2D eigenvalue weighted by atomic mass is 16.5. The molecule has 0 radical (unpaired) electrons. The second kappa shape index (κ2) is 5.67. The summed E-state index contributed by atoms with van der Waals surface area (Å²) in [5.41, 5.74) is 10.6. The van der Waals surface area contributed by atoms with Crippen LogP contribution in [0.3, 0.4) is 0 Å². The van der Waals surface area contributed by atoms with Gasteiger partial charge in [0.2, 0.25) is 0 Å². The standard InChI is InChI=1S/C17H20N4O/c1-11-8-16-17(19-10-11)21(13(3)20-16)6-7-22-14-4-5-15(18)12(2)9-14/h4-5,8-10H,6-7,18H2,1-3H3. The lowest BCUT2D eigenvalue weighted by Crippen LogP contribution is -2.10. The maximum atomic E-state index is 5.81. The molecule has 3 rings (SSSR count). The molecule has 0 aliphatic carbocycles. The van der Waals surface area contributed by atoms with Crippen LogP contribution in [0, 0.1) is 20.8 Å². The van der Waals surface area contributed by atoms with Crippen LogP contribution >= 0.6 is 0 Å². The summed E-state index contributed by atoms with van der Waals surface area (Å²) in [6.07, 6.45) is 1.87. The van der Waals surface area contributed by atoms with Gasteiger partial charge in [-0.15, -0.1) is 0 Å². The van der Waals surface area contributed by atoms with Gasteiger partial charge in [0.05, 0.1) is 6.54 Å². The van der Waals surface area contributed by atoms with Crippen LogP contribution in [0.15, 0.2) is 30.5 Å². The first-order chi connectivity index (χ1) is 10.5. The topological polar surface area (TPSA) is 66.0 Å². The third kappa shape index (κ3) is 2.74. The van der Waals surface area contributed by atoms with E-state index < -0.39 is 0 Å². The lowest BCUT2D eigenvalue weighted by molar-refractivity contribution is 0.298. The van der Waals surface area contributed by atoms with E-state index in [1.807, 2.05) is 45.2 Å². The quantitative estimate of drug-likeness (QED) is 0.752. The van der Waals surface area contributed by atoms with E-state index in [0.717, 1.165) is 39.6 Å². The molecule has 3 aromatic rings. The number of hydrogen-bond donors (Lipinski definition) is 1. The Labute approximate surface area is 129 Å². The number of pyridine rings is 1. The van der Waals surface area contributed by atoms with E-state index in [1.54, 1.807) is 0 Å². The van der Waals surface area contributed by atoms with E-state index in [4.69, 9.17) is 10.5 Å². The second-order valence-electron chi connectivity index (χ2n) is 5.53. The van der Waals surface area contributed by atoms with Crippen LogP contribution in [-0.4, -0.2) is 21.1 Å². The smallest absolute Gasteiger partial charge is 0.160 e. The minimum Gasteiger partial charge on any atom is -0.492 e. The minimum absolute atomic E-state index is 0.561. The van der Waals surface area contributed by atoms with Crippen molar-refractivity contribution in [1.82, 2.24) is 14.5 Å². The number of nitrogens with zero attached hydrogens (tertiary/aromatic N) is 3. The van der Waals surface area contributed by atoms with Crippen LogP contribution in [0.5, 0.6) is 5.75 Å². The lowest BCUT2D eigenvalue weighted by atomic mass is 10.2. The number of anilines is 1. The van der Waals surface area contributed by atoms with Crippen LogP contribution in [0.1, 0.15) is 17.0 Å². The highest BCUT2D eigenvalue weighted by Gasteiger charge is 2.08. The molecule has 5 nitrogen and oxygen atoms in total. The summed E-state index contributed by atoms with van der Waals surface area (Å²) in [7, 11) is 0. The maximum Gasteiger partial charge on any atom is 0.160 e. The molecular weight excluding hydrogens is 276 g/mol. The van der Waals surface area contributed by atoms with Crippen molar-refractivity contribution in [2.24, 2.45) is 0 Å². The first-order valence-electron chi connectivity index (χ1n) is 7.33. The van der Waals surface area contributed by atoms with Crippen LogP contribution in [0.4, 0.5) is 5.69 Å². The third-order valence-electron chi connectivity index (χ3n) is 3.74. The number of benzene rings is 1. The van der Waals surface area contributed by atoms with Gasteiger partial charge in [0.25, 0.3) is 0 Å². The Hall–Kier alpha value is -2.56. The number of ether oxygens (including phenoxy) is 1. The third-order valence-corrected chi connectivity index (χ3v) is 3.74. The van der Waals surface area contributed by atoms with E-state index in [1.165, 1.54) is 0 Å². The Morgan fingerprint density at radius 2 is 2.00 bits per heavy atom. The number of hydrogen-bond acceptors (Lipinski definition) is 4. The number of nitrogens with two attached hydrogens (primary N) is 1. The Morgan fingerprint density at radius 1 is 1.18 bits per heavy atom. The molecule has 2 aromatic heterocycles. The Morgan fingerprint density at radius 3 is 2.77 bits per heavy atom. The predicted octanol–water partition coefficient (Wildman–Crippen LogP) is 3.02. The van der Waals surface area contributed by atoms with Gasteiger partial charge in [-0.2, -0.15) is 0 Å². The molecule has 0 aliphatic heterocycles. The maximum absolute atomic E-state index is 5.81. The fourth-order valence-corrected chi connectivity index (χ4v) is 2.49. The summed E-state index contributed by atoms with van der Waals surface area (Å²) < 4.78 is 7.89. The number of aromatic nitrogens is 3. The minimum atomic E-state index is 0.561. The normalized spacial score (nSPS) is 11.0. The summed E-state index contributed by atoms with van der Waals surface area (Å²) in [6, 6.07) is 7.77. The molecule has 22 heavy (non-hydrogen) atoms. The highest BCUT2D eigenvalue weighted by Crippen LogP contribution is 2.19. The van der Waals surface area contributed by atoms with Crippen molar-refractivity contribution >= 4 is 16.9 Å². The van der Waals surface area contributed by atoms with Crippen LogP contribution in [0.2, 0.25) is 0 Å². The van der Waals surface area contributed by atoms with Gasteiger partial charge in [-0.05, 0) is 56.2 Å². The number of imidazole rings is 1. The molecule has 0 spiro atoms. The fraction of sp³-hybridized carbons (Fsp3) is 0.294. The number of nitrogen functional groups attached to an aromatic ring is 1. The molecule has 114 valence electrons. The zero-order chi connectivity index (χ0) is 15.7. The van der Waals surface area contributed by atoms with Crippen molar-refractivity contribution in [3.05, 3.63) is 47.4 Å². The number of fused-ring (bicyclic) bond motifs is 1. The van der Waals surface area contributed by atoms with Crippen LogP contribution in [-0.2, 0) is 6.54 Å². The van der Waals surface area contributed by atoms with Gasteiger partial charge < -0.3 is 15.0 Å². The molecule has 2 N–H and O–H groups in total. The molecule has 0 fully saturated rings. The summed E-state index contributed by atoms with van der Waals surface area (Å²) in [4.78, 5) is 9.03. The lowest BCUT2D eigenvalue weighted by Gasteiger charge is -2.10. The highest BCUT2D eigenvalue weighted by molar-refractivity contribution is 5.72. The zero-order valence-electron chi connectivity index (χ0n) is 13.1. The van der Waals surface area contributed by atoms with Crippen molar-refractivity contribution in [2.45, 2.75) is 27.3 Å². The van der Waals surface area contributed by atoms with E-state index in [2.05, 4.69) is 20.6 Å². The molecule has 0 atom stereocenters. The zero-order valence-corrected chi connectivity index (χ0v) is 13.1. The van der Waals surface area contributed by atoms with E-state index in [-0.39, 0.29) is 0 Å². The van der Waals surface area contributed by atoms with E-state index in [0.29, 0.717) is 13.2 Å². The van der Waals surface area contributed by atoms with Crippen molar-refractivity contribution in [2.75, 3.05) is 12.3 Å². The van der Waals surface area contributed by atoms with Crippen molar-refractivity contribution in [3.63, 3.8) is 0 Å². The Balaban J connectivity index is 1.74. The van der Waals surface area contributed by atoms with Gasteiger partial charge in [0.1, 0.15) is 23.7 Å². The average Bonchev–Trinajstić information content (AvgIpc) is 2.78. The largest absolute Gasteiger partial charge is 0.492 e. The molecule has 0 saturated heterocycles. The van der Waals surface area contributed by atoms with Crippen molar-refractivity contribution in [1.29, 1.82) is 0 Å². The molecule has 2 heterocycles. The first-order valence-corrected chi connectivity index (χ1v) is 7.33. The van der Waals surface area contributed by atoms with Gasteiger partial charge >= 0.3 is 0 Å². The summed E-state index contributed by atoms with van der Waals surface area (Å²) in [5.74, 6) is 1.78. The van der Waals surface area contributed by atoms with E-state index >= 15 is 0 Å². The predicted molar refractivity (Wildman–Crippen MR) is 88.1 cm³/mol. The molecule has 1 aromatic carbocycles. The molecule has 0 amide bonds. The summed E-state index contributed by atoms with van der Waals surface area (Å²) in [6.45, 7) is 7.26. The van der Waals surface area contributed by atoms with Crippen LogP contribution < -0.4 is 10.5 Å².